The lowest BCUT2D eigenvalue weighted by Gasteiger charge is -2.00. The first-order valence-electron chi connectivity index (χ1n) is 5.07. The van der Waals surface area contributed by atoms with E-state index >= 15 is 0 Å². The Balaban J connectivity index is 1.94. The molecule has 5 heteroatoms. The molecule has 0 unspecified atom stereocenters. The minimum atomic E-state index is 0.531. The van der Waals surface area contributed by atoms with Gasteiger partial charge in [-0.1, -0.05) is 54.3 Å². The summed E-state index contributed by atoms with van der Waals surface area (Å²) in [5, 5.41) is 8.28. The van der Waals surface area contributed by atoms with E-state index in [1.165, 1.54) is 22.5 Å². The number of nitrogen functional groups attached to an aromatic ring is 1. The zero-order chi connectivity index (χ0) is 11.4. The van der Waals surface area contributed by atoms with Crippen molar-refractivity contribution in [3.05, 3.63) is 35.4 Å². The largest absolute Gasteiger partial charge is 0.374 e. The van der Waals surface area contributed by atoms with Crippen LogP contribution >= 0.6 is 23.1 Å². The SMILES string of the molecule is CCc1ccc(CSc2nnc(N)s2)cc1. The molecule has 1 aromatic carbocycles. The van der Waals surface area contributed by atoms with Crippen molar-refractivity contribution in [2.24, 2.45) is 0 Å². The van der Waals surface area contributed by atoms with Crippen molar-refractivity contribution in [2.45, 2.75) is 23.4 Å². The highest BCUT2D eigenvalue weighted by Gasteiger charge is 2.02. The molecule has 0 amide bonds. The normalized spacial score (nSPS) is 10.6. The molecule has 2 N–H and O–H groups in total. The smallest absolute Gasteiger partial charge is 0.203 e. The summed E-state index contributed by atoms with van der Waals surface area (Å²) in [6.45, 7) is 2.16. The predicted molar refractivity (Wildman–Crippen MR) is 69.7 cm³/mol. The van der Waals surface area contributed by atoms with Crippen LogP contribution in [-0.4, -0.2) is 10.2 Å². The molecule has 2 rings (SSSR count). The van der Waals surface area contributed by atoms with Crippen molar-refractivity contribution >= 4 is 28.2 Å². The number of anilines is 1. The lowest BCUT2D eigenvalue weighted by molar-refractivity contribution is 1.02. The molecule has 0 atom stereocenters. The number of aromatic nitrogens is 2. The van der Waals surface area contributed by atoms with Gasteiger partial charge in [-0.25, -0.2) is 0 Å². The summed E-state index contributed by atoms with van der Waals surface area (Å²) in [6, 6.07) is 8.67. The third kappa shape index (κ3) is 2.96. The zero-order valence-corrected chi connectivity index (χ0v) is 10.6. The van der Waals surface area contributed by atoms with Gasteiger partial charge in [0.25, 0.3) is 0 Å². The Hall–Kier alpha value is -1.07. The van der Waals surface area contributed by atoms with Crippen LogP contribution in [0, 0.1) is 0 Å². The van der Waals surface area contributed by atoms with Crippen LogP contribution < -0.4 is 5.73 Å². The maximum atomic E-state index is 5.52. The average Bonchev–Trinajstić information content (AvgIpc) is 2.73. The summed E-state index contributed by atoms with van der Waals surface area (Å²) in [5.74, 6) is 0.915. The van der Waals surface area contributed by atoms with Crippen molar-refractivity contribution in [2.75, 3.05) is 5.73 Å². The Morgan fingerprint density at radius 2 is 1.88 bits per heavy atom. The van der Waals surface area contributed by atoms with Crippen molar-refractivity contribution in [1.29, 1.82) is 0 Å². The van der Waals surface area contributed by atoms with Gasteiger partial charge in [-0.15, -0.1) is 10.2 Å². The Kier molecular flexibility index (Phi) is 3.79. The first kappa shape index (κ1) is 11.4. The van der Waals surface area contributed by atoms with Gasteiger partial charge in [0.2, 0.25) is 5.13 Å². The highest BCUT2D eigenvalue weighted by atomic mass is 32.2. The van der Waals surface area contributed by atoms with E-state index in [1.807, 2.05) is 0 Å². The van der Waals surface area contributed by atoms with E-state index in [1.54, 1.807) is 11.8 Å². The minimum absolute atomic E-state index is 0.531. The number of thioether (sulfide) groups is 1. The summed E-state index contributed by atoms with van der Waals surface area (Å²) >= 11 is 3.11. The molecule has 0 saturated heterocycles. The van der Waals surface area contributed by atoms with Gasteiger partial charge >= 0.3 is 0 Å². The molecule has 84 valence electrons. The summed E-state index contributed by atoms with van der Waals surface area (Å²) < 4.78 is 0.928. The molecule has 1 heterocycles. The van der Waals surface area contributed by atoms with Crippen LogP contribution in [0.4, 0.5) is 5.13 Å². The molecule has 0 bridgehead atoms. The van der Waals surface area contributed by atoms with Crippen LogP contribution in [-0.2, 0) is 12.2 Å². The van der Waals surface area contributed by atoms with Gasteiger partial charge in [0.05, 0.1) is 0 Å². The van der Waals surface area contributed by atoms with Gasteiger partial charge in [-0.2, -0.15) is 0 Å². The maximum Gasteiger partial charge on any atom is 0.203 e. The molecule has 3 nitrogen and oxygen atoms in total. The highest BCUT2D eigenvalue weighted by Crippen LogP contribution is 2.26. The van der Waals surface area contributed by atoms with Gasteiger partial charge in [-0.05, 0) is 17.5 Å². The number of nitrogens with two attached hydrogens (primary N) is 1. The first-order chi connectivity index (χ1) is 7.78. The van der Waals surface area contributed by atoms with Crippen LogP contribution in [0.2, 0.25) is 0 Å². The molecule has 2 aromatic rings. The molecule has 0 aliphatic rings. The second-order valence-corrected chi connectivity index (χ2v) is 5.60. The van der Waals surface area contributed by atoms with Crippen LogP contribution in [0.1, 0.15) is 18.1 Å². The van der Waals surface area contributed by atoms with Crippen LogP contribution in [0.3, 0.4) is 0 Å². The Morgan fingerprint density at radius 3 is 2.44 bits per heavy atom. The summed E-state index contributed by atoms with van der Waals surface area (Å²) in [6.07, 6.45) is 1.08. The van der Waals surface area contributed by atoms with Gasteiger partial charge < -0.3 is 5.73 Å². The second kappa shape index (κ2) is 5.32. The Morgan fingerprint density at radius 1 is 1.19 bits per heavy atom. The standard InChI is InChI=1S/C11H13N3S2/c1-2-8-3-5-9(6-4-8)7-15-11-14-13-10(12)16-11/h3-6H,2,7H2,1H3,(H2,12,13). The molecule has 16 heavy (non-hydrogen) atoms. The number of rotatable bonds is 4. The average molecular weight is 251 g/mol. The first-order valence-corrected chi connectivity index (χ1v) is 6.87. The number of benzene rings is 1. The fourth-order valence-electron chi connectivity index (χ4n) is 1.29. The third-order valence-corrected chi connectivity index (χ3v) is 4.17. The van der Waals surface area contributed by atoms with E-state index in [0.29, 0.717) is 5.13 Å². The molecule has 0 spiro atoms. The molecular formula is C11H13N3S2. The van der Waals surface area contributed by atoms with E-state index in [9.17, 15) is 0 Å². The Bertz CT molecular complexity index is 451. The van der Waals surface area contributed by atoms with Gasteiger partial charge in [0.15, 0.2) is 4.34 Å². The molecule has 0 fully saturated rings. The predicted octanol–water partition coefficient (Wildman–Crippen LogP) is 2.98. The molecule has 0 radical (unpaired) electrons. The van der Waals surface area contributed by atoms with E-state index in [0.717, 1.165) is 16.5 Å². The summed E-state index contributed by atoms with van der Waals surface area (Å²) in [5.41, 5.74) is 8.19. The number of hydrogen-bond donors (Lipinski definition) is 1. The van der Waals surface area contributed by atoms with Crippen molar-refractivity contribution in [3.63, 3.8) is 0 Å². The van der Waals surface area contributed by atoms with Crippen molar-refractivity contribution < 1.29 is 0 Å². The molecule has 1 aromatic heterocycles. The quantitative estimate of drug-likeness (QED) is 0.849. The number of hydrogen-bond acceptors (Lipinski definition) is 5. The lowest BCUT2D eigenvalue weighted by Crippen LogP contribution is -1.83. The maximum absolute atomic E-state index is 5.52. The van der Waals surface area contributed by atoms with Gasteiger partial charge in [0.1, 0.15) is 0 Å². The summed E-state index contributed by atoms with van der Waals surface area (Å²) in [7, 11) is 0. The molecule has 0 aliphatic carbocycles. The van der Waals surface area contributed by atoms with E-state index in [2.05, 4.69) is 41.4 Å². The minimum Gasteiger partial charge on any atom is -0.374 e. The molecule has 0 saturated carbocycles. The van der Waals surface area contributed by atoms with E-state index in [4.69, 9.17) is 5.73 Å². The van der Waals surface area contributed by atoms with Gasteiger partial charge in [-0.3, -0.25) is 0 Å². The number of nitrogens with zero attached hydrogens (tertiary/aromatic N) is 2. The molecule has 0 aliphatic heterocycles. The molecular weight excluding hydrogens is 238 g/mol. The van der Waals surface area contributed by atoms with Crippen LogP contribution in [0.5, 0.6) is 0 Å². The van der Waals surface area contributed by atoms with E-state index < -0.39 is 0 Å². The third-order valence-electron chi connectivity index (χ3n) is 2.22. The van der Waals surface area contributed by atoms with Crippen molar-refractivity contribution in [3.8, 4) is 0 Å². The lowest BCUT2D eigenvalue weighted by atomic mass is 10.1. The monoisotopic (exact) mass is 251 g/mol. The van der Waals surface area contributed by atoms with Crippen LogP contribution in [0.15, 0.2) is 28.6 Å². The topological polar surface area (TPSA) is 51.8 Å². The van der Waals surface area contributed by atoms with Crippen molar-refractivity contribution in [1.82, 2.24) is 10.2 Å². The zero-order valence-electron chi connectivity index (χ0n) is 9.01. The fraction of sp³-hybridized carbons (Fsp3) is 0.273. The summed E-state index contributed by atoms with van der Waals surface area (Å²) in [4.78, 5) is 0. The highest BCUT2D eigenvalue weighted by molar-refractivity contribution is 8.00. The van der Waals surface area contributed by atoms with Crippen LogP contribution in [0.25, 0.3) is 0 Å². The van der Waals surface area contributed by atoms with Gasteiger partial charge in [0, 0.05) is 5.75 Å². The second-order valence-electron chi connectivity index (χ2n) is 3.36. The van der Waals surface area contributed by atoms with E-state index in [-0.39, 0.29) is 0 Å². The Labute approximate surface area is 103 Å². The fourth-order valence-corrected chi connectivity index (χ4v) is 2.89. The number of aryl methyl sites for hydroxylation is 1.